The maximum Gasteiger partial charge on any atom is 0.232 e. The molecule has 1 atom stereocenters. The van der Waals surface area contributed by atoms with Gasteiger partial charge in [0.1, 0.15) is 0 Å². The summed E-state index contributed by atoms with van der Waals surface area (Å²) < 4.78 is 28.6. The molecule has 1 unspecified atom stereocenters. The van der Waals surface area contributed by atoms with Gasteiger partial charge in [-0.1, -0.05) is 6.92 Å². The van der Waals surface area contributed by atoms with E-state index in [9.17, 15) is 8.42 Å². The number of hydrogen-bond donors (Lipinski definition) is 0. The Balaban J connectivity index is 2.18. The third kappa shape index (κ3) is 6.53. The topological polar surface area (TPSA) is 61.2 Å². The van der Waals surface area contributed by atoms with Crippen molar-refractivity contribution in [2.45, 2.75) is 19.8 Å². The van der Waals surface area contributed by atoms with Crippen molar-refractivity contribution in [2.24, 2.45) is 13.0 Å². The number of rotatable bonds is 7. The van der Waals surface area contributed by atoms with Gasteiger partial charge in [-0.25, -0.2) is 8.42 Å². The van der Waals surface area contributed by atoms with Crippen molar-refractivity contribution >= 4 is 19.7 Å². The number of ether oxygens (including phenoxy) is 1. The maximum absolute atomic E-state index is 10.8. The standard InChI is InChI=1S/C10H17ClN2O3S/c1-9(4-6-17(11,14)15)3-5-16-10-7-12-13(2)8-10/h7-9H,3-6H2,1-2H3. The van der Waals surface area contributed by atoms with Crippen LogP contribution in [-0.2, 0) is 16.1 Å². The van der Waals surface area contributed by atoms with Crippen LogP contribution in [0.3, 0.4) is 0 Å². The van der Waals surface area contributed by atoms with E-state index >= 15 is 0 Å². The van der Waals surface area contributed by atoms with E-state index in [1.807, 2.05) is 14.0 Å². The molecule has 1 rings (SSSR count). The predicted molar refractivity (Wildman–Crippen MR) is 66.7 cm³/mol. The minimum absolute atomic E-state index is 0.0165. The average molecular weight is 281 g/mol. The molecule has 0 aromatic carbocycles. The third-order valence-electron chi connectivity index (χ3n) is 2.42. The number of hydrogen-bond acceptors (Lipinski definition) is 4. The highest BCUT2D eigenvalue weighted by atomic mass is 35.7. The molecular formula is C10H17ClN2O3S. The van der Waals surface area contributed by atoms with Gasteiger partial charge in [0.2, 0.25) is 9.05 Å². The molecular weight excluding hydrogens is 264 g/mol. The molecule has 0 fully saturated rings. The summed E-state index contributed by atoms with van der Waals surface area (Å²) >= 11 is 0. The van der Waals surface area contributed by atoms with Crippen LogP contribution in [0.2, 0.25) is 0 Å². The van der Waals surface area contributed by atoms with Crippen LogP contribution in [0.4, 0.5) is 0 Å². The fraction of sp³-hybridized carbons (Fsp3) is 0.700. The highest BCUT2D eigenvalue weighted by molar-refractivity contribution is 8.13. The Labute approximate surface area is 106 Å². The van der Waals surface area contributed by atoms with E-state index in [0.717, 1.165) is 12.2 Å². The van der Waals surface area contributed by atoms with Crippen molar-refractivity contribution in [1.82, 2.24) is 9.78 Å². The lowest BCUT2D eigenvalue weighted by Crippen LogP contribution is -2.08. The zero-order valence-electron chi connectivity index (χ0n) is 9.97. The number of aromatic nitrogens is 2. The van der Waals surface area contributed by atoms with Gasteiger partial charge in [-0.15, -0.1) is 0 Å². The van der Waals surface area contributed by atoms with Crippen LogP contribution >= 0.6 is 10.7 Å². The van der Waals surface area contributed by atoms with Crippen LogP contribution in [0.15, 0.2) is 12.4 Å². The van der Waals surface area contributed by atoms with Crippen molar-refractivity contribution in [3.8, 4) is 5.75 Å². The van der Waals surface area contributed by atoms with Gasteiger partial charge >= 0.3 is 0 Å². The van der Waals surface area contributed by atoms with Crippen molar-refractivity contribution in [3.63, 3.8) is 0 Å². The summed E-state index contributed by atoms with van der Waals surface area (Å²) in [6, 6.07) is 0. The van der Waals surface area contributed by atoms with Gasteiger partial charge in [0, 0.05) is 17.7 Å². The first-order valence-corrected chi connectivity index (χ1v) is 7.88. The molecule has 0 N–H and O–H groups in total. The summed E-state index contributed by atoms with van der Waals surface area (Å²) in [6.45, 7) is 2.53. The Kier molecular flexibility index (Phi) is 5.27. The van der Waals surface area contributed by atoms with Crippen LogP contribution < -0.4 is 4.74 Å². The summed E-state index contributed by atoms with van der Waals surface area (Å²) in [7, 11) is 3.59. The molecule has 17 heavy (non-hydrogen) atoms. The molecule has 0 saturated carbocycles. The zero-order valence-corrected chi connectivity index (χ0v) is 11.5. The monoisotopic (exact) mass is 280 g/mol. The Morgan fingerprint density at radius 2 is 2.24 bits per heavy atom. The van der Waals surface area contributed by atoms with E-state index in [1.54, 1.807) is 17.1 Å². The van der Waals surface area contributed by atoms with Crippen LogP contribution in [0.5, 0.6) is 5.75 Å². The van der Waals surface area contributed by atoms with Gasteiger partial charge in [0.05, 0.1) is 24.8 Å². The van der Waals surface area contributed by atoms with E-state index in [4.69, 9.17) is 15.4 Å². The van der Waals surface area contributed by atoms with Crippen molar-refractivity contribution in [1.29, 1.82) is 0 Å². The molecule has 0 spiro atoms. The van der Waals surface area contributed by atoms with Crippen LogP contribution in [0.1, 0.15) is 19.8 Å². The van der Waals surface area contributed by atoms with Gasteiger partial charge in [-0.3, -0.25) is 4.68 Å². The zero-order chi connectivity index (χ0) is 12.9. The summed E-state index contributed by atoms with van der Waals surface area (Å²) in [6.07, 6.45) is 4.78. The van der Waals surface area contributed by atoms with Gasteiger partial charge in [0.15, 0.2) is 5.75 Å². The van der Waals surface area contributed by atoms with E-state index in [0.29, 0.717) is 13.0 Å². The minimum Gasteiger partial charge on any atom is -0.490 e. The van der Waals surface area contributed by atoms with Crippen molar-refractivity contribution in [3.05, 3.63) is 12.4 Å². The molecule has 0 radical (unpaired) electrons. The molecule has 0 bridgehead atoms. The molecule has 0 aliphatic rings. The molecule has 0 saturated heterocycles. The number of aryl methyl sites for hydroxylation is 1. The summed E-state index contributed by atoms with van der Waals surface area (Å²) in [5.74, 6) is 1.01. The van der Waals surface area contributed by atoms with Gasteiger partial charge in [0.25, 0.3) is 0 Å². The summed E-state index contributed by atoms with van der Waals surface area (Å²) in [5, 5.41) is 3.98. The predicted octanol–water partition coefficient (Wildman–Crippen LogP) is 1.78. The second-order valence-corrected chi connectivity index (χ2v) is 7.02. The Morgan fingerprint density at radius 1 is 1.53 bits per heavy atom. The van der Waals surface area contributed by atoms with E-state index in [2.05, 4.69) is 5.10 Å². The molecule has 0 aliphatic heterocycles. The second-order valence-electron chi connectivity index (χ2n) is 4.12. The first-order chi connectivity index (χ1) is 7.87. The largest absolute Gasteiger partial charge is 0.490 e. The lowest BCUT2D eigenvalue weighted by atomic mass is 10.1. The van der Waals surface area contributed by atoms with Gasteiger partial charge in [-0.2, -0.15) is 5.10 Å². The molecule has 1 aromatic heterocycles. The first kappa shape index (κ1) is 14.3. The second kappa shape index (κ2) is 6.26. The van der Waals surface area contributed by atoms with Gasteiger partial charge in [-0.05, 0) is 18.8 Å². The first-order valence-electron chi connectivity index (χ1n) is 5.40. The molecule has 7 heteroatoms. The Morgan fingerprint density at radius 3 is 2.76 bits per heavy atom. The van der Waals surface area contributed by atoms with Crippen LogP contribution in [-0.4, -0.2) is 30.6 Å². The number of nitrogens with zero attached hydrogens (tertiary/aromatic N) is 2. The van der Waals surface area contributed by atoms with Crippen LogP contribution in [0.25, 0.3) is 0 Å². The molecule has 0 amide bonds. The normalized spacial score (nSPS) is 13.6. The molecule has 98 valence electrons. The maximum atomic E-state index is 10.8. The number of halogens is 1. The van der Waals surface area contributed by atoms with Crippen LogP contribution in [0, 0.1) is 5.92 Å². The quantitative estimate of drug-likeness (QED) is 0.715. The van der Waals surface area contributed by atoms with Crippen molar-refractivity contribution in [2.75, 3.05) is 12.4 Å². The SMILES string of the molecule is CC(CCOc1cnn(C)c1)CCS(=O)(=O)Cl. The molecule has 5 nitrogen and oxygen atoms in total. The minimum atomic E-state index is -3.37. The molecule has 1 heterocycles. The lowest BCUT2D eigenvalue weighted by Gasteiger charge is -2.10. The lowest BCUT2D eigenvalue weighted by molar-refractivity contribution is 0.281. The van der Waals surface area contributed by atoms with E-state index in [-0.39, 0.29) is 11.7 Å². The summed E-state index contributed by atoms with van der Waals surface area (Å²) in [5.41, 5.74) is 0. The smallest absolute Gasteiger partial charge is 0.232 e. The third-order valence-corrected chi connectivity index (χ3v) is 3.60. The van der Waals surface area contributed by atoms with Gasteiger partial charge < -0.3 is 4.74 Å². The van der Waals surface area contributed by atoms with Crippen molar-refractivity contribution < 1.29 is 13.2 Å². The average Bonchev–Trinajstić information content (AvgIpc) is 2.60. The summed E-state index contributed by atoms with van der Waals surface area (Å²) in [4.78, 5) is 0. The Bertz CT molecular complexity index is 444. The molecule has 0 aliphatic carbocycles. The van der Waals surface area contributed by atoms with E-state index < -0.39 is 9.05 Å². The van der Waals surface area contributed by atoms with E-state index in [1.165, 1.54) is 0 Å². The fourth-order valence-electron chi connectivity index (χ4n) is 1.34. The molecule has 1 aromatic rings. The Hall–Kier alpha value is -0.750. The fourth-order valence-corrected chi connectivity index (χ4v) is 2.29. The highest BCUT2D eigenvalue weighted by Crippen LogP contribution is 2.13. The highest BCUT2D eigenvalue weighted by Gasteiger charge is 2.10.